The maximum absolute atomic E-state index is 13.2. The van der Waals surface area contributed by atoms with Crippen molar-refractivity contribution in [3.63, 3.8) is 0 Å². The third kappa shape index (κ3) is 3.25. The van der Waals surface area contributed by atoms with Crippen molar-refractivity contribution >= 4 is 15.9 Å². The molecule has 0 amide bonds. The molecule has 0 saturated heterocycles. The minimum Gasteiger partial charge on any atom is -0.493 e. The molecule has 2 rings (SSSR count). The quantitative estimate of drug-likeness (QED) is 0.721. The molecule has 1 saturated carbocycles. The summed E-state index contributed by atoms with van der Waals surface area (Å²) < 4.78 is 19.1. The van der Waals surface area contributed by atoms with E-state index >= 15 is 0 Å². The van der Waals surface area contributed by atoms with Crippen molar-refractivity contribution < 1.29 is 9.13 Å². The summed E-state index contributed by atoms with van der Waals surface area (Å²) in [5, 5.41) is 0.986. The van der Waals surface area contributed by atoms with Gasteiger partial charge in [-0.2, -0.15) is 0 Å². The van der Waals surface area contributed by atoms with Crippen LogP contribution < -0.4 is 4.74 Å². The SMILES string of the molecule is Cc1cc(OCC2(CBr)CCCCC2)ccc1F. The zero-order valence-corrected chi connectivity index (χ0v) is 12.4. The molecule has 0 N–H and O–H groups in total. The highest BCUT2D eigenvalue weighted by molar-refractivity contribution is 9.09. The molecule has 0 aliphatic heterocycles. The van der Waals surface area contributed by atoms with Gasteiger partial charge in [0.05, 0.1) is 6.61 Å². The van der Waals surface area contributed by atoms with Crippen molar-refractivity contribution in [1.29, 1.82) is 0 Å². The second-order valence-corrected chi connectivity index (χ2v) is 5.95. The minimum absolute atomic E-state index is 0.171. The van der Waals surface area contributed by atoms with E-state index in [2.05, 4.69) is 15.9 Å². The van der Waals surface area contributed by atoms with Gasteiger partial charge in [-0.05, 0) is 43.5 Å². The summed E-state index contributed by atoms with van der Waals surface area (Å²) in [6, 6.07) is 4.97. The van der Waals surface area contributed by atoms with Crippen LogP contribution in [0.2, 0.25) is 0 Å². The van der Waals surface area contributed by atoms with E-state index in [0.717, 1.165) is 17.7 Å². The van der Waals surface area contributed by atoms with Crippen LogP contribution in [0.5, 0.6) is 5.75 Å². The Bertz CT molecular complexity index is 399. The van der Waals surface area contributed by atoms with Gasteiger partial charge in [0.25, 0.3) is 0 Å². The highest BCUT2D eigenvalue weighted by atomic mass is 79.9. The van der Waals surface area contributed by atoms with Gasteiger partial charge in [0.1, 0.15) is 11.6 Å². The van der Waals surface area contributed by atoms with Crippen molar-refractivity contribution in [3.05, 3.63) is 29.6 Å². The van der Waals surface area contributed by atoms with Crippen molar-refractivity contribution in [3.8, 4) is 5.75 Å². The molecule has 1 fully saturated rings. The number of ether oxygens (including phenoxy) is 1. The average molecular weight is 315 g/mol. The highest BCUT2D eigenvalue weighted by Gasteiger charge is 2.31. The topological polar surface area (TPSA) is 9.23 Å². The molecule has 0 unspecified atom stereocenters. The Balaban J connectivity index is 1.98. The Morgan fingerprint density at radius 1 is 1.28 bits per heavy atom. The second kappa shape index (κ2) is 6.05. The summed E-state index contributed by atoms with van der Waals surface area (Å²) in [4.78, 5) is 0. The molecule has 1 aromatic carbocycles. The summed E-state index contributed by atoms with van der Waals surface area (Å²) in [7, 11) is 0. The molecule has 1 aromatic rings. The van der Waals surface area contributed by atoms with Crippen LogP contribution in [-0.2, 0) is 0 Å². The first-order valence-corrected chi connectivity index (χ1v) is 7.72. The van der Waals surface area contributed by atoms with E-state index in [-0.39, 0.29) is 11.2 Å². The fraction of sp³-hybridized carbons (Fsp3) is 0.600. The normalized spacial score (nSPS) is 18.6. The van der Waals surface area contributed by atoms with Gasteiger partial charge in [0.15, 0.2) is 0 Å². The molecular formula is C15H20BrFO. The molecule has 1 aliphatic rings. The lowest BCUT2D eigenvalue weighted by Gasteiger charge is -2.35. The first kappa shape index (κ1) is 13.9. The van der Waals surface area contributed by atoms with E-state index in [1.165, 1.54) is 38.2 Å². The maximum Gasteiger partial charge on any atom is 0.126 e. The van der Waals surface area contributed by atoms with E-state index in [1.54, 1.807) is 19.1 Å². The molecule has 18 heavy (non-hydrogen) atoms. The predicted octanol–water partition coefficient (Wildman–Crippen LogP) is 4.86. The molecule has 1 aliphatic carbocycles. The van der Waals surface area contributed by atoms with E-state index < -0.39 is 0 Å². The molecule has 0 bridgehead atoms. The molecule has 0 heterocycles. The monoisotopic (exact) mass is 314 g/mol. The van der Waals surface area contributed by atoms with E-state index in [4.69, 9.17) is 4.74 Å². The Hall–Kier alpha value is -0.570. The van der Waals surface area contributed by atoms with Gasteiger partial charge in [-0.3, -0.25) is 0 Å². The van der Waals surface area contributed by atoms with Crippen LogP contribution in [0.3, 0.4) is 0 Å². The van der Waals surface area contributed by atoms with Gasteiger partial charge in [0, 0.05) is 10.7 Å². The van der Waals surface area contributed by atoms with Crippen LogP contribution in [0, 0.1) is 18.2 Å². The molecule has 100 valence electrons. The van der Waals surface area contributed by atoms with Crippen LogP contribution >= 0.6 is 15.9 Å². The lowest BCUT2D eigenvalue weighted by molar-refractivity contribution is 0.122. The van der Waals surface area contributed by atoms with Gasteiger partial charge in [-0.25, -0.2) is 4.39 Å². The molecule has 0 aromatic heterocycles. The van der Waals surface area contributed by atoms with Crippen molar-refractivity contribution in [2.24, 2.45) is 5.41 Å². The van der Waals surface area contributed by atoms with Crippen LogP contribution in [0.4, 0.5) is 4.39 Å². The third-order valence-corrected chi connectivity index (χ3v) is 5.06. The van der Waals surface area contributed by atoms with Gasteiger partial charge in [0.2, 0.25) is 0 Å². The first-order chi connectivity index (χ1) is 8.65. The molecule has 0 radical (unpaired) electrons. The Labute approximate surface area is 117 Å². The summed E-state index contributed by atoms with van der Waals surface area (Å²) in [6.07, 6.45) is 6.36. The molecule has 0 spiro atoms. The lowest BCUT2D eigenvalue weighted by atomic mass is 9.76. The number of hydrogen-bond donors (Lipinski definition) is 0. The number of alkyl halides is 1. The number of benzene rings is 1. The fourth-order valence-corrected chi connectivity index (χ4v) is 3.28. The fourth-order valence-electron chi connectivity index (χ4n) is 2.56. The number of halogens is 2. The van der Waals surface area contributed by atoms with Crippen molar-refractivity contribution in [1.82, 2.24) is 0 Å². The summed E-state index contributed by atoms with van der Waals surface area (Å²) in [5.41, 5.74) is 0.907. The van der Waals surface area contributed by atoms with Crippen molar-refractivity contribution in [2.75, 3.05) is 11.9 Å². The molecule has 1 nitrogen and oxygen atoms in total. The highest BCUT2D eigenvalue weighted by Crippen LogP contribution is 2.38. The Morgan fingerprint density at radius 3 is 2.61 bits per heavy atom. The van der Waals surface area contributed by atoms with E-state index in [1.807, 2.05) is 0 Å². The van der Waals surface area contributed by atoms with Gasteiger partial charge in [-0.15, -0.1) is 0 Å². The van der Waals surface area contributed by atoms with Crippen LogP contribution in [0.15, 0.2) is 18.2 Å². The lowest BCUT2D eigenvalue weighted by Crippen LogP contribution is -2.32. The largest absolute Gasteiger partial charge is 0.493 e. The van der Waals surface area contributed by atoms with Crippen LogP contribution in [0.1, 0.15) is 37.7 Å². The zero-order valence-electron chi connectivity index (χ0n) is 10.8. The predicted molar refractivity (Wildman–Crippen MR) is 75.9 cm³/mol. The third-order valence-electron chi connectivity index (χ3n) is 3.87. The van der Waals surface area contributed by atoms with E-state index in [9.17, 15) is 4.39 Å². The average Bonchev–Trinajstić information content (AvgIpc) is 2.41. The van der Waals surface area contributed by atoms with Gasteiger partial charge in [-0.1, -0.05) is 35.2 Å². The second-order valence-electron chi connectivity index (χ2n) is 5.39. The molecule has 3 heteroatoms. The van der Waals surface area contributed by atoms with E-state index in [0.29, 0.717) is 5.56 Å². The van der Waals surface area contributed by atoms with Crippen LogP contribution in [-0.4, -0.2) is 11.9 Å². The molecule has 0 atom stereocenters. The summed E-state index contributed by atoms with van der Waals surface area (Å²) in [6.45, 7) is 2.49. The standard InChI is InChI=1S/C15H20BrFO/c1-12-9-13(5-6-14(12)17)18-11-15(10-16)7-3-2-4-8-15/h5-6,9H,2-4,7-8,10-11H2,1H3. The maximum atomic E-state index is 13.2. The smallest absolute Gasteiger partial charge is 0.126 e. The number of rotatable bonds is 4. The zero-order chi connectivity index (χ0) is 13.0. The number of aryl methyl sites for hydroxylation is 1. The van der Waals surface area contributed by atoms with Crippen LogP contribution in [0.25, 0.3) is 0 Å². The van der Waals surface area contributed by atoms with Crippen molar-refractivity contribution in [2.45, 2.75) is 39.0 Å². The number of hydrogen-bond acceptors (Lipinski definition) is 1. The van der Waals surface area contributed by atoms with Gasteiger partial charge >= 0.3 is 0 Å². The Kier molecular flexibility index (Phi) is 4.66. The first-order valence-electron chi connectivity index (χ1n) is 6.60. The minimum atomic E-state index is -0.171. The Morgan fingerprint density at radius 2 is 2.00 bits per heavy atom. The summed E-state index contributed by atoms with van der Waals surface area (Å²) >= 11 is 3.63. The van der Waals surface area contributed by atoms with Gasteiger partial charge < -0.3 is 4.74 Å². The molecular weight excluding hydrogens is 295 g/mol. The summed E-state index contributed by atoms with van der Waals surface area (Å²) in [5.74, 6) is 0.606.